The van der Waals surface area contributed by atoms with Gasteiger partial charge in [-0.2, -0.15) is 10.1 Å². The van der Waals surface area contributed by atoms with Crippen molar-refractivity contribution in [2.75, 3.05) is 12.0 Å². The summed E-state index contributed by atoms with van der Waals surface area (Å²) in [6.07, 6.45) is 3.33. The first-order valence-corrected chi connectivity index (χ1v) is 5.80. The van der Waals surface area contributed by atoms with Crippen molar-refractivity contribution in [1.82, 2.24) is 19.7 Å². The molecule has 0 bridgehead atoms. The van der Waals surface area contributed by atoms with Crippen LogP contribution in [0.15, 0.2) is 18.5 Å². The molecule has 2 aromatic rings. The van der Waals surface area contributed by atoms with Crippen LogP contribution >= 0.6 is 0 Å². The van der Waals surface area contributed by atoms with Gasteiger partial charge in [0.2, 0.25) is 5.88 Å². The second kappa shape index (κ2) is 6.12. The Bertz CT molecular complexity index is 542. The minimum absolute atomic E-state index is 0.301. The first-order chi connectivity index (χ1) is 9.21. The van der Waals surface area contributed by atoms with Crippen molar-refractivity contribution in [2.45, 2.75) is 13.5 Å². The topological polar surface area (TPSA) is 100 Å². The van der Waals surface area contributed by atoms with Crippen molar-refractivity contribution in [2.24, 2.45) is 12.9 Å². The molecular weight excluding hydrogens is 248 g/mol. The van der Waals surface area contributed by atoms with Crippen molar-refractivity contribution in [1.29, 1.82) is 0 Å². The van der Waals surface area contributed by atoms with Crippen LogP contribution in [-0.4, -0.2) is 26.4 Å². The van der Waals surface area contributed by atoms with Crippen molar-refractivity contribution in [3.05, 3.63) is 24.3 Å². The third kappa shape index (κ3) is 3.63. The maximum atomic E-state index is 5.58. The van der Waals surface area contributed by atoms with Crippen molar-refractivity contribution in [3.63, 3.8) is 0 Å². The van der Waals surface area contributed by atoms with E-state index < -0.39 is 0 Å². The minimum Gasteiger partial charge on any atom is -0.436 e. The van der Waals surface area contributed by atoms with E-state index in [-0.39, 0.29) is 0 Å². The number of aromatic nitrogens is 4. The Hall–Kier alpha value is -2.19. The third-order valence-electron chi connectivity index (χ3n) is 2.24. The standard InChI is InChI=1S/C11H16N6O2/c1-3-18-7-10-14-9(16-12)4-11(15-10)19-8-5-13-17(2)6-8/h4-6H,3,7,12H2,1-2H3,(H,14,15,16). The van der Waals surface area contributed by atoms with Crippen LogP contribution in [0.5, 0.6) is 11.6 Å². The Morgan fingerprint density at radius 1 is 1.42 bits per heavy atom. The number of hydrazine groups is 1. The van der Waals surface area contributed by atoms with Gasteiger partial charge in [-0.05, 0) is 6.92 Å². The number of hydrogen-bond acceptors (Lipinski definition) is 7. The number of rotatable bonds is 6. The van der Waals surface area contributed by atoms with Gasteiger partial charge in [-0.25, -0.2) is 10.8 Å². The first-order valence-electron chi connectivity index (χ1n) is 5.80. The molecule has 19 heavy (non-hydrogen) atoms. The second-order valence-corrected chi connectivity index (χ2v) is 3.74. The van der Waals surface area contributed by atoms with Gasteiger partial charge in [-0.15, -0.1) is 0 Å². The number of aryl methyl sites for hydroxylation is 1. The smallest absolute Gasteiger partial charge is 0.224 e. The number of hydrogen-bond donors (Lipinski definition) is 2. The predicted molar refractivity (Wildman–Crippen MR) is 68.5 cm³/mol. The van der Waals surface area contributed by atoms with E-state index in [0.717, 1.165) is 0 Å². The lowest BCUT2D eigenvalue weighted by molar-refractivity contribution is 0.128. The maximum Gasteiger partial charge on any atom is 0.224 e. The van der Waals surface area contributed by atoms with Gasteiger partial charge in [0, 0.05) is 19.7 Å². The van der Waals surface area contributed by atoms with Gasteiger partial charge in [0.25, 0.3) is 0 Å². The molecule has 0 fully saturated rings. The highest BCUT2D eigenvalue weighted by Crippen LogP contribution is 2.20. The fourth-order valence-corrected chi connectivity index (χ4v) is 1.43. The highest BCUT2D eigenvalue weighted by atomic mass is 16.5. The quantitative estimate of drug-likeness (QED) is 0.588. The summed E-state index contributed by atoms with van der Waals surface area (Å²) in [5.41, 5.74) is 2.47. The largest absolute Gasteiger partial charge is 0.436 e. The van der Waals surface area contributed by atoms with Gasteiger partial charge in [0.1, 0.15) is 12.4 Å². The van der Waals surface area contributed by atoms with Crippen LogP contribution in [0.3, 0.4) is 0 Å². The van der Waals surface area contributed by atoms with Crippen LogP contribution in [0, 0.1) is 0 Å². The van der Waals surface area contributed by atoms with Gasteiger partial charge in [-0.3, -0.25) is 4.68 Å². The van der Waals surface area contributed by atoms with Crippen LogP contribution in [0.4, 0.5) is 5.82 Å². The second-order valence-electron chi connectivity index (χ2n) is 3.74. The zero-order valence-electron chi connectivity index (χ0n) is 10.8. The van der Waals surface area contributed by atoms with Gasteiger partial charge < -0.3 is 14.9 Å². The molecule has 8 heteroatoms. The van der Waals surface area contributed by atoms with E-state index in [0.29, 0.717) is 36.5 Å². The summed E-state index contributed by atoms with van der Waals surface area (Å²) in [6, 6.07) is 1.60. The van der Waals surface area contributed by atoms with E-state index in [1.807, 2.05) is 6.92 Å². The summed E-state index contributed by atoms with van der Waals surface area (Å²) in [5, 5.41) is 4.01. The van der Waals surface area contributed by atoms with E-state index in [9.17, 15) is 0 Å². The summed E-state index contributed by atoms with van der Waals surface area (Å²) in [6.45, 7) is 2.79. The number of nitrogens with two attached hydrogens (primary N) is 1. The Kier molecular flexibility index (Phi) is 4.26. The molecule has 0 aromatic carbocycles. The third-order valence-corrected chi connectivity index (χ3v) is 2.24. The lowest BCUT2D eigenvalue weighted by atomic mass is 10.5. The normalized spacial score (nSPS) is 10.5. The average Bonchev–Trinajstić information content (AvgIpc) is 2.81. The molecule has 3 N–H and O–H groups in total. The fourth-order valence-electron chi connectivity index (χ4n) is 1.43. The maximum absolute atomic E-state index is 5.58. The molecule has 0 saturated carbocycles. The van der Waals surface area contributed by atoms with Gasteiger partial charge in [0.15, 0.2) is 11.6 Å². The van der Waals surface area contributed by atoms with Crippen LogP contribution in [0.1, 0.15) is 12.7 Å². The number of ether oxygens (including phenoxy) is 2. The van der Waals surface area contributed by atoms with Crippen LogP contribution in [0.25, 0.3) is 0 Å². The zero-order chi connectivity index (χ0) is 13.7. The number of anilines is 1. The van der Waals surface area contributed by atoms with Crippen molar-refractivity contribution >= 4 is 5.82 Å². The summed E-state index contributed by atoms with van der Waals surface area (Å²) in [5.74, 6) is 7.29. The molecule has 0 atom stereocenters. The molecule has 0 amide bonds. The van der Waals surface area contributed by atoms with E-state index in [2.05, 4.69) is 20.5 Å². The molecule has 0 aliphatic carbocycles. The molecule has 0 unspecified atom stereocenters. The molecule has 0 aliphatic rings. The first kappa shape index (κ1) is 13.2. The van der Waals surface area contributed by atoms with Gasteiger partial charge >= 0.3 is 0 Å². The van der Waals surface area contributed by atoms with E-state index >= 15 is 0 Å². The molecule has 102 valence electrons. The Balaban J connectivity index is 2.18. The van der Waals surface area contributed by atoms with Crippen molar-refractivity contribution < 1.29 is 9.47 Å². The van der Waals surface area contributed by atoms with Gasteiger partial charge in [-0.1, -0.05) is 0 Å². The Morgan fingerprint density at radius 2 is 2.26 bits per heavy atom. The average molecular weight is 264 g/mol. The number of nitrogens with one attached hydrogen (secondary N) is 1. The van der Waals surface area contributed by atoms with Crippen LogP contribution in [0.2, 0.25) is 0 Å². The molecule has 0 saturated heterocycles. The molecule has 2 heterocycles. The minimum atomic E-state index is 0.301. The highest BCUT2D eigenvalue weighted by molar-refractivity contribution is 5.38. The summed E-state index contributed by atoms with van der Waals surface area (Å²) in [7, 11) is 1.81. The van der Waals surface area contributed by atoms with Crippen molar-refractivity contribution in [3.8, 4) is 11.6 Å². The molecule has 2 aromatic heterocycles. The monoisotopic (exact) mass is 264 g/mol. The molecule has 0 aliphatic heterocycles. The Morgan fingerprint density at radius 3 is 2.89 bits per heavy atom. The van der Waals surface area contributed by atoms with Gasteiger partial charge in [0.05, 0.1) is 12.4 Å². The summed E-state index contributed by atoms with van der Waals surface area (Å²) in [4.78, 5) is 8.40. The molecule has 8 nitrogen and oxygen atoms in total. The number of nitrogen functional groups attached to an aromatic ring is 1. The summed E-state index contributed by atoms with van der Waals surface area (Å²) >= 11 is 0. The van der Waals surface area contributed by atoms with Crippen LogP contribution < -0.4 is 16.0 Å². The highest BCUT2D eigenvalue weighted by Gasteiger charge is 2.07. The van der Waals surface area contributed by atoms with Crippen LogP contribution in [-0.2, 0) is 18.4 Å². The SMILES string of the molecule is CCOCc1nc(NN)cc(Oc2cnn(C)c2)n1. The van der Waals surface area contributed by atoms with E-state index in [1.165, 1.54) is 0 Å². The van der Waals surface area contributed by atoms with E-state index in [4.69, 9.17) is 15.3 Å². The number of nitrogens with zero attached hydrogens (tertiary/aromatic N) is 4. The lowest BCUT2D eigenvalue weighted by Gasteiger charge is -2.07. The zero-order valence-corrected chi connectivity index (χ0v) is 10.8. The molecular formula is C11H16N6O2. The molecule has 0 spiro atoms. The summed E-state index contributed by atoms with van der Waals surface area (Å²) < 4.78 is 12.5. The fraction of sp³-hybridized carbons (Fsp3) is 0.364. The molecule has 0 radical (unpaired) electrons. The predicted octanol–water partition coefficient (Wildman–Crippen LogP) is 0.824. The Labute approximate surface area is 110 Å². The lowest BCUT2D eigenvalue weighted by Crippen LogP contribution is -2.11. The van der Waals surface area contributed by atoms with E-state index in [1.54, 1.807) is 30.2 Å². The molecule has 2 rings (SSSR count).